The number of aryl methyl sites for hydroxylation is 1. The minimum absolute atomic E-state index is 0.389. The van der Waals surface area contributed by atoms with Crippen LogP contribution in [0.15, 0.2) is 28.7 Å². The van der Waals surface area contributed by atoms with Crippen LogP contribution in [0.1, 0.15) is 5.56 Å². The van der Waals surface area contributed by atoms with E-state index >= 15 is 0 Å². The van der Waals surface area contributed by atoms with Gasteiger partial charge in [0, 0.05) is 17.1 Å². The Labute approximate surface area is 101 Å². The molecule has 0 aliphatic rings. The van der Waals surface area contributed by atoms with E-state index in [0.29, 0.717) is 17.1 Å². The molecular weight excluding hydrogens is 268 g/mol. The van der Waals surface area contributed by atoms with Crippen LogP contribution in [0.4, 0.5) is 5.82 Å². The molecule has 1 aromatic carbocycles. The van der Waals surface area contributed by atoms with E-state index in [4.69, 9.17) is 11.0 Å². The van der Waals surface area contributed by atoms with Crippen LogP contribution in [0.25, 0.3) is 11.3 Å². The van der Waals surface area contributed by atoms with Crippen molar-refractivity contribution >= 4 is 21.7 Å². The lowest BCUT2D eigenvalue weighted by Crippen LogP contribution is -1.97. The van der Waals surface area contributed by atoms with E-state index in [-0.39, 0.29) is 0 Å². The van der Waals surface area contributed by atoms with Crippen LogP contribution in [-0.2, 0) is 7.05 Å². The molecular formula is C11H9BrN4. The van der Waals surface area contributed by atoms with Gasteiger partial charge < -0.3 is 5.73 Å². The van der Waals surface area contributed by atoms with Gasteiger partial charge in [0.1, 0.15) is 23.1 Å². The minimum Gasteiger partial charge on any atom is -0.383 e. The second-order valence-electron chi connectivity index (χ2n) is 3.35. The number of rotatable bonds is 1. The van der Waals surface area contributed by atoms with Crippen molar-refractivity contribution in [2.75, 3.05) is 5.73 Å². The molecule has 0 saturated carbocycles. The zero-order chi connectivity index (χ0) is 11.7. The lowest BCUT2D eigenvalue weighted by molar-refractivity contribution is 0.782. The van der Waals surface area contributed by atoms with Crippen molar-refractivity contribution in [1.29, 1.82) is 5.26 Å². The topological polar surface area (TPSA) is 67.6 Å². The molecule has 1 aromatic heterocycles. The van der Waals surface area contributed by atoms with E-state index < -0.39 is 0 Å². The molecule has 0 spiro atoms. The molecule has 0 amide bonds. The first-order chi connectivity index (χ1) is 7.63. The predicted octanol–water partition coefficient (Wildman–Crippen LogP) is 2.30. The highest BCUT2D eigenvalue weighted by Crippen LogP contribution is 2.26. The van der Waals surface area contributed by atoms with Crippen molar-refractivity contribution in [1.82, 2.24) is 9.78 Å². The zero-order valence-electron chi connectivity index (χ0n) is 8.61. The first-order valence-corrected chi connectivity index (χ1v) is 5.41. The quantitative estimate of drug-likeness (QED) is 0.869. The Hall–Kier alpha value is -1.80. The summed E-state index contributed by atoms with van der Waals surface area (Å²) in [6, 6.07) is 9.68. The number of nitrogens with two attached hydrogens (primary N) is 1. The Kier molecular flexibility index (Phi) is 2.67. The summed E-state index contributed by atoms with van der Waals surface area (Å²) in [5, 5.41) is 13.3. The van der Waals surface area contributed by atoms with Crippen molar-refractivity contribution in [2.45, 2.75) is 0 Å². The normalized spacial score (nSPS) is 10.1. The number of aromatic nitrogens is 2. The van der Waals surface area contributed by atoms with E-state index in [0.717, 1.165) is 10.0 Å². The number of halogens is 1. The predicted molar refractivity (Wildman–Crippen MR) is 65.5 cm³/mol. The van der Waals surface area contributed by atoms with Crippen LogP contribution >= 0.6 is 15.9 Å². The molecule has 0 fully saturated rings. The van der Waals surface area contributed by atoms with Crippen LogP contribution in [0, 0.1) is 11.3 Å². The van der Waals surface area contributed by atoms with Gasteiger partial charge in [-0.3, -0.25) is 4.68 Å². The number of nitrogens with zero attached hydrogens (tertiary/aromatic N) is 3. The van der Waals surface area contributed by atoms with E-state index in [1.807, 2.05) is 24.3 Å². The molecule has 2 aromatic rings. The van der Waals surface area contributed by atoms with Gasteiger partial charge in [-0.25, -0.2) is 0 Å². The van der Waals surface area contributed by atoms with Gasteiger partial charge in [-0.2, -0.15) is 10.4 Å². The van der Waals surface area contributed by atoms with Gasteiger partial charge in [-0.15, -0.1) is 0 Å². The smallest absolute Gasteiger partial charge is 0.140 e. The summed E-state index contributed by atoms with van der Waals surface area (Å²) in [5.41, 5.74) is 7.67. The third kappa shape index (κ3) is 1.68. The number of nitrogen functional groups attached to an aromatic ring is 1. The van der Waals surface area contributed by atoms with Gasteiger partial charge in [-0.05, 0) is 12.1 Å². The van der Waals surface area contributed by atoms with Crippen LogP contribution < -0.4 is 5.73 Å². The Balaban J connectivity index is 2.61. The molecule has 0 unspecified atom stereocenters. The number of nitriles is 1. The molecule has 0 atom stereocenters. The lowest BCUT2D eigenvalue weighted by Gasteiger charge is -1.97. The van der Waals surface area contributed by atoms with Crippen molar-refractivity contribution in [3.8, 4) is 17.3 Å². The van der Waals surface area contributed by atoms with Gasteiger partial charge in [0.15, 0.2) is 0 Å². The molecule has 0 aliphatic heterocycles. The third-order valence-corrected chi connectivity index (χ3v) is 2.85. The van der Waals surface area contributed by atoms with Gasteiger partial charge in [0.25, 0.3) is 0 Å². The number of benzene rings is 1. The van der Waals surface area contributed by atoms with E-state index in [9.17, 15) is 0 Å². The average Bonchev–Trinajstić information content (AvgIpc) is 2.56. The Morgan fingerprint density at radius 1 is 1.38 bits per heavy atom. The molecule has 0 saturated heterocycles. The van der Waals surface area contributed by atoms with E-state index in [1.165, 1.54) is 4.68 Å². The highest BCUT2D eigenvalue weighted by Gasteiger charge is 2.14. The van der Waals surface area contributed by atoms with Crippen molar-refractivity contribution < 1.29 is 0 Å². The van der Waals surface area contributed by atoms with Gasteiger partial charge in [0.2, 0.25) is 0 Å². The van der Waals surface area contributed by atoms with Gasteiger partial charge in [-0.1, -0.05) is 28.1 Å². The fraction of sp³-hybridized carbons (Fsp3) is 0.0909. The minimum atomic E-state index is 0.389. The summed E-state index contributed by atoms with van der Waals surface area (Å²) >= 11 is 3.36. The maximum atomic E-state index is 9.04. The van der Waals surface area contributed by atoms with Crippen LogP contribution in [0.3, 0.4) is 0 Å². The summed E-state index contributed by atoms with van der Waals surface area (Å²) in [7, 11) is 1.72. The van der Waals surface area contributed by atoms with Crippen LogP contribution in [0.2, 0.25) is 0 Å². The third-order valence-electron chi connectivity index (χ3n) is 2.32. The second kappa shape index (κ2) is 3.99. The fourth-order valence-corrected chi connectivity index (χ4v) is 1.72. The van der Waals surface area contributed by atoms with Gasteiger partial charge in [0.05, 0.1) is 0 Å². The molecule has 2 rings (SSSR count). The summed E-state index contributed by atoms with van der Waals surface area (Å²) in [4.78, 5) is 0. The average molecular weight is 277 g/mol. The first-order valence-electron chi connectivity index (χ1n) is 4.62. The van der Waals surface area contributed by atoms with Crippen molar-refractivity contribution in [3.63, 3.8) is 0 Å². The summed E-state index contributed by atoms with van der Waals surface area (Å²) in [5.74, 6) is 0.389. The maximum Gasteiger partial charge on any atom is 0.140 e. The highest BCUT2D eigenvalue weighted by molar-refractivity contribution is 9.10. The molecule has 80 valence electrons. The first kappa shape index (κ1) is 10.7. The molecule has 16 heavy (non-hydrogen) atoms. The van der Waals surface area contributed by atoms with Gasteiger partial charge >= 0.3 is 0 Å². The standard InChI is InChI=1S/C11H9BrN4/c1-16-11(14)9(6-13)10(15-16)7-2-4-8(12)5-3-7/h2-5H,14H2,1H3. The second-order valence-corrected chi connectivity index (χ2v) is 4.27. The van der Waals surface area contributed by atoms with Crippen LogP contribution in [-0.4, -0.2) is 9.78 Å². The summed E-state index contributed by atoms with van der Waals surface area (Å²) in [6.07, 6.45) is 0. The van der Waals surface area contributed by atoms with Crippen molar-refractivity contribution in [2.24, 2.45) is 7.05 Å². The Morgan fingerprint density at radius 3 is 2.56 bits per heavy atom. The summed E-state index contributed by atoms with van der Waals surface area (Å²) < 4.78 is 2.49. The number of anilines is 1. The molecule has 1 heterocycles. The molecule has 0 radical (unpaired) electrons. The highest BCUT2D eigenvalue weighted by atomic mass is 79.9. The SMILES string of the molecule is Cn1nc(-c2ccc(Br)cc2)c(C#N)c1N. The largest absolute Gasteiger partial charge is 0.383 e. The summed E-state index contributed by atoms with van der Waals surface area (Å²) in [6.45, 7) is 0. The monoisotopic (exact) mass is 276 g/mol. The van der Waals surface area contributed by atoms with E-state index in [1.54, 1.807) is 7.05 Å². The molecule has 2 N–H and O–H groups in total. The van der Waals surface area contributed by atoms with Crippen molar-refractivity contribution in [3.05, 3.63) is 34.3 Å². The zero-order valence-corrected chi connectivity index (χ0v) is 10.2. The Bertz CT molecular complexity index is 563. The Morgan fingerprint density at radius 2 is 2.00 bits per heavy atom. The molecule has 0 aliphatic carbocycles. The van der Waals surface area contributed by atoms with Crippen LogP contribution in [0.5, 0.6) is 0 Å². The maximum absolute atomic E-state index is 9.04. The molecule has 5 heteroatoms. The van der Waals surface area contributed by atoms with E-state index in [2.05, 4.69) is 27.1 Å². The lowest BCUT2D eigenvalue weighted by atomic mass is 10.1. The fourth-order valence-electron chi connectivity index (χ4n) is 1.46. The number of hydrogen-bond acceptors (Lipinski definition) is 3. The molecule has 4 nitrogen and oxygen atoms in total. The molecule has 0 bridgehead atoms. The number of hydrogen-bond donors (Lipinski definition) is 1.